The molecular formula is C10H15NO. The van der Waals surface area contributed by atoms with E-state index < -0.39 is 0 Å². The minimum absolute atomic E-state index is 0.0106. The molecule has 0 aliphatic heterocycles. The molecule has 0 atom stereocenters. The van der Waals surface area contributed by atoms with Crippen molar-refractivity contribution in [2.75, 3.05) is 12.0 Å². The van der Waals surface area contributed by atoms with Crippen molar-refractivity contribution in [1.82, 2.24) is 0 Å². The third-order valence-corrected chi connectivity index (χ3v) is 2.11. The number of aliphatic hydroxyl groups is 1. The van der Waals surface area contributed by atoms with Crippen molar-refractivity contribution >= 4 is 5.69 Å². The standard InChI is InChI=1S/C10H15NO/c1-7-4-9(3)10(11-6-12)5-8(7)2/h4-5,11-12H,6H2,1-3H3. The Bertz CT molecular complexity index is 281. The van der Waals surface area contributed by atoms with Crippen LogP contribution >= 0.6 is 0 Å². The summed E-state index contributed by atoms with van der Waals surface area (Å²) in [5.74, 6) is 0. The Hall–Kier alpha value is -1.02. The van der Waals surface area contributed by atoms with Gasteiger partial charge in [-0.3, -0.25) is 0 Å². The molecule has 12 heavy (non-hydrogen) atoms. The van der Waals surface area contributed by atoms with Gasteiger partial charge in [0.25, 0.3) is 0 Å². The molecule has 1 rings (SSSR count). The van der Waals surface area contributed by atoms with Crippen molar-refractivity contribution in [2.24, 2.45) is 0 Å². The van der Waals surface area contributed by atoms with Crippen LogP contribution in [0.2, 0.25) is 0 Å². The van der Waals surface area contributed by atoms with Gasteiger partial charge >= 0.3 is 0 Å². The predicted octanol–water partition coefficient (Wildman–Crippen LogP) is 1.97. The van der Waals surface area contributed by atoms with Crippen LogP contribution in [-0.2, 0) is 0 Å². The molecule has 0 fully saturated rings. The van der Waals surface area contributed by atoms with Crippen LogP contribution in [0.3, 0.4) is 0 Å². The maximum Gasteiger partial charge on any atom is 0.113 e. The fourth-order valence-corrected chi connectivity index (χ4v) is 1.24. The van der Waals surface area contributed by atoms with E-state index >= 15 is 0 Å². The Labute approximate surface area is 73.2 Å². The Balaban J connectivity index is 3.05. The Morgan fingerprint density at radius 1 is 1.08 bits per heavy atom. The van der Waals surface area contributed by atoms with Crippen LogP contribution in [-0.4, -0.2) is 11.8 Å². The average molecular weight is 165 g/mol. The van der Waals surface area contributed by atoms with Gasteiger partial charge in [-0.1, -0.05) is 6.07 Å². The molecule has 0 bridgehead atoms. The summed E-state index contributed by atoms with van der Waals surface area (Å²) in [6, 6.07) is 4.17. The lowest BCUT2D eigenvalue weighted by Crippen LogP contribution is -2.02. The van der Waals surface area contributed by atoms with E-state index in [2.05, 4.69) is 31.3 Å². The third kappa shape index (κ3) is 1.77. The molecule has 2 N–H and O–H groups in total. The zero-order valence-electron chi connectivity index (χ0n) is 7.81. The van der Waals surface area contributed by atoms with Crippen molar-refractivity contribution in [2.45, 2.75) is 20.8 Å². The first-order chi connectivity index (χ1) is 5.65. The van der Waals surface area contributed by atoms with Crippen LogP contribution in [0.25, 0.3) is 0 Å². The van der Waals surface area contributed by atoms with Gasteiger partial charge < -0.3 is 10.4 Å². The molecule has 0 heterocycles. The van der Waals surface area contributed by atoms with Crippen molar-refractivity contribution in [3.05, 3.63) is 28.8 Å². The molecule has 0 aromatic heterocycles. The highest BCUT2D eigenvalue weighted by atomic mass is 16.3. The first-order valence-electron chi connectivity index (χ1n) is 4.07. The van der Waals surface area contributed by atoms with Gasteiger partial charge in [-0.25, -0.2) is 0 Å². The summed E-state index contributed by atoms with van der Waals surface area (Å²) in [6.07, 6.45) is 0. The van der Waals surface area contributed by atoms with Gasteiger partial charge in [-0.15, -0.1) is 0 Å². The van der Waals surface area contributed by atoms with Gasteiger partial charge in [0.15, 0.2) is 0 Å². The third-order valence-electron chi connectivity index (χ3n) is 2.11. The molecule has 2 nitrogen and oxygen atoms in total. The van der Waals surface area contributed by atoms with Crippen LogP contribution in [0.1, 0.15) is 16.7 Å². The Morgan fingerprint density at radius 3 is 2.25 bits per heavy atom. The van der Waals surface area contributed by atoms with Crippen molar-refractivity contribution in [3.63, 3.8) is 0 Å². The second-order valence-electron chi connectivity index (χ2n) is 3.09. The molecule has 0 spiro atoms. The van der Waals surface area contributed by atoms with E-state index in [9.17, 15) is 0 Å². The lowest BCUT2D eigenvalue weighted by Gasteiger charge is -2.09. The molecule has 0 unspecified atom stereocenters. The molecular weight excluding hydrogens is 150 g/mol. The molecule has 0 saturated heterocycles. The first kappa shape index (κ1) is 9.07. The van der Waals surface area contributed by atoms with Crippen LogP contribution in [0.15, 0.2) is 12.1 Å². The van der Waals surface area contributed by atoms with E-state index in [0.717, 1.165) is 5.69 Å². The zero-order chi connectivity index (χ0) is 9.14. The molecule has 0 aliphatic carbocycles. The van der Waals surface area contributed by atoms with Gasteiger partial charge in [-0.2, -0.15) is 0 Å². The topological polar surface area (TPSA) is 32.3 Å². The summed E-state index contributed by atoms with van der Waals surface area (Å²) in [6.45, 7) is 6.18. The number of aliphatic hydroxyl groups excluding tert-OH is 1. The van der Waals surface area contributed by atoms with Gasteiger partial charge in [0.05, 0.1) is 0 Å². The SMILES string of the molecule is Cc1cc(C)c(NCO)cc1C. The molecule has 66 valence electrons. The quantitative estimate of drug-likeness (QED) is 0.657. The summed E-state index contributed by atoms with van der Waals surface area (Å²) >= 11 is 0. The van der Waals surface area contributed by atoms with E-state index in [-0.39, 0.29) is 6.73 Å². The van der Waals surface area contributed by atoms with Gasteiger partial charge in [0.2, 0.25) is 0 Å². The molecule has 2 heteroatoms. The summed E-state index contributed by atoms with van der Waals surface area (Å²) in [5.41, 5.74) is 4.72. The fraction of sp³-hybridized carbons (Fsp3) is 0.400. The van der Waals surface area contributed by atoms with Crippen LogP contribution < -0.4 is 5.32 Å². The number of aryl methyl sites for hydroxylation is 3. The Kier molecular flexibility index (Phi) is 2.71. The summed E-state index contributed by atoms with van der Waals surface area (Å²) < 4.78 is 0. The minimum Gasteiger partial charge on any atom is -0.377 e. The van der Waals surface area contributed by atoms with Gasteiger partial charge in [-0.05, 0) is 43.5 Å². The molecule has 0 radical (unpaired) electrons. The average Bonchev–Trinajstić information content (AvgIpc) is 2.01. The van der Waals surface area contributed by atoms with Gasteiger partial charge in [0, 0.05) is 5.69 Å². The maximum absolute atomic E-state index is 8.69. The van der Waals surface area contributed by atoms with Crippen molar-refractivity contribution in [1.29, 1.82) is 0 Å². The number of rotatable bonds is 2. The minimum atomic E-state index is -0.0106. The number of nitrogens with one attached hydrogen (secondary N) is 1. The lowest BCUT2D eigenvalue weighted by molar-refractivity contribution is 0.325. The Morgan fingerprint density at radius 2 is 1.67 bits per heavy atom. The van der Waals surface area contributed by atoms with Gasteiger partial charge in [0.1, 0.15) is 6.73 Å². The summed E-state index contributed by atoms with van der Waals surface area (Å²) in [7, 11) is 0. The molecule has 0 aliphatic rings. The summed E-state index contributed by atoms with van der Waals surface area (Å²) in [4.78, 5) is 0. The van der Waals surface area contributed by atoms with E-state index in [1.165, 1.54) is 16.7 Å². The zero-order valence-corrected chi connectivity index (χ0v) is 7.81. The second-order valence-corrected chi connectivity index (χ2v) is 3.09. The van der Waals surface area contributed by atoms with Crippen molar-refractivity contribution in [3.8, 4) is 0 Å². The van der Waals surface area contributed by atoms with Crippen LogP contribution in [0.5, 0.6) is 0 Å². The second kappa shape index (κ2) is 3.59. The highest BCUT2D eigenvalue weighted by Crippen LogP contribution is 2.19. The monoisotopic (exact) mass is 165 g/mol. The molecule has 0 saturated carbocycles. The smallest absolute Gasteiger partial charge is 0.113 e. The largest absolute Gasteiger partial charge is 0.377 e. The molecule has 0 amide bonds. The molecule has 1 aromatic rings. The van der Waals surface area contributed by atoms with E-state index in [0.29, 0.717) is 0 Å². The number of anilines is 1. The first-order valence-corrected chi connectivity index (χ1v) is 4.07. The van der Waals surface area contributed by atoms with Crippen LogP contribution in [0, 0.1) is 20.8 Å². The van der Waals surface area contributed by atoms with E-state index in [1.54, 1.807) is 0 Å². The number of hydrogen-bond donors (Lipinski definition) is 2. The normalized spacial score (nSPS) is 10.0. The maximum atomic E-state index is 8.69. The van der Waals surface area contributed by atoms with Crippen LogP contribution in [0.4, 0.5) is 5.69 Å². The number of hydrogen-bond acceptors (Lipinski definition) is 2. The van der Waals surface area contributed by atoms with Crippen molar-refractivity contribution < 1.29 is 5.11 Å². The highest BCUT2D eigenvalue weighted by molar-refractivity contribution is 5.54. The lowest BCUT2D eigenvalue weighted by atomic mass is 10.1. The van der Waals surface area contributed by atoms with E-state index in [4.69, 9.17) is 5.11 Å². The summed E-state index contributed by atoms with van der Waals surface area (Å²) in [5, 5.41) is 11.6. The van der Waals surface area contributed by atoms with E-state index in [1.807, 2.05) is 6.92 Å². The highest BCUT2D eigenvalue weighted by Gasteiger charge is 1.99. The number of benzene rings is 1. The molecule has 1 aromatic carbocycles. The predicted molar refractivity (Wildman–Crippen MR) is 51.4 cm³/mol. The fourth-order valence-electron chi connectivity index (χ4n) is 1.24.